The standard InChI is InChI=1S/C18H14ClNO4/c19-13-8-16-17(23-6-5-22-16)9-14(13)20-18(21)12-7-11-3-1-2-4-15(11)24-10-12/h1-4,7-9H,5-6,10H2,(H,20,21). The molecule has 2 aromatic carbocycles. The number of carbonyl (C=O) groups is 1. The largest absolute Gasteiger partial charge is 0.488 e. The molecule has 0 aliphatic carbocycles. The van der Waals surface area contributed by atoms with Crippen LogP contribution in [0.2, 0.25) is 5.02 Å². The normalized spacial score (nSPS) is 15.0. The van der Waals surface area contributed by atoms with E-state index in [2.05, 4.69) is 5.32 Å². The van der Waals surface area contributed by atoms with Gasteiger partial charge in [-0.25, -0.2) is 0 Å². The van der Waals surface area contributed by atoms with Gasteiger partial charge >= 0.3 is 0 Å². The van der Waals surface area contributed by atoms with Crippen molar-refractivity contribution in [1.29, 1.82) is 0 Å². The molecule has 0 aromatic heterocycles. The average molecular weight is 344 g/mol. The van der Waals surface area contributed by atoms with Gasteiger partial charge in [-0.1, -0.05) is 29.8 Å². The van der Waals surface area contributed by atoms with Crippen molar-refractivity contribution in [3.05, 3.63) is 52.6 Å². The maximum Gasteiger partial charge on any atom is 0.255 e. The molecule has 1 N–H and O–H groups in total. The van der Waals surface area contributed by atoms with Crippen LogP contribution < -0.4 is 19.5 Å². The van der Waals surface area contributed by atoms with E-state index in [-0.39, 0.29) is 12.5 Å². The number of hydrogen-bond donors (Lipinski definition) is 1. The first-order valence-electron chi connectivity index (χ1n) is 7.53. The molecule has 2 heterocycles. The van der Waals surface area contributed by atoms with Gasteiger partial charge in [0.15, 0.2) is 11.5 Å². The molecule has 0 spiro atoms. The molecule has 0 saturated carbocycles. The van der Waals surface area contributed by atoms with Crippen molar-refractivity contribution in [1.82, 2.24) is 0 Å². The molecule has 0 radical (unpaired) electrons. The Labute approximate surface area is 143 Å². The summed E-state index contributed by atoms with van der Waals surface area (Å²) >= 11 is 6.22. The number of para-hydroxylation sites is 1. The van der Waals surface area contributed by atoms with Crippen LogP contribution in [-0.2, 0) is 4.79 Å². The van der Waals surface area contributed by atoms with Crippen LogP contribution in [0.4, 0.5) is 5.69 Å². The van der Waals surface area contributed by atoms with E-state index in [9.17, 15) is 4.79 Å². The first-order valence-corrected chi connectivity index (χ1v) is 7.91. The summed E-state index contributed by atoms with van der Waals surface area (Å²) in [6.07, 6.45) is 1.82. The van der Waals surface area contributed by atoms with Crippen LogP contribution in [0.25, 0.3) is 6.08 Å². The second kappa shape index (κ2) is 6.09. The lowest BCUT2D eigenvalue weighted by Crippen LogP contribution is -2.22. The van der Waals surface area contributed by atoms with Crippen molar-refractivity contribution in [3.8, 4) is 17.2 Å². The number of rotatable bonds is 2. The molecule has 0 saturated heterocycles. The molecule has 122 valence electrons. The third-order valence-electron chi connectivity index (χ3n) is 3.80. The number of halogens is 1. The number of fused-ring (bicyclic) bond motifs is 2. The second-order valence-corrected chi connectivity index (χ2v) is 5.83. The van der Waals surface area contributed by atoms with E-state index in [1.54, 1.807) is 12.1 Å². The summed E-state index contributed by atoms with van der Waals surface area (Å²) in [4.78, 5) is 12.5. The van der Waals surface area contributed by atoms with Crippen LogP contribution in [0.3, 0.4) is 0 Å². The van der Waals surface area contributed by atoms with Crippen molar-refractivity contribution in [2.75, 3.05) is 25.1 Å². The fourth-order valence-electron chi connectivity index (χ4n) is 2.61. The molecule has 0 bridgehead atoms. The van der Waals surface area contributed by atoms with Crippen molar-refractivity contribution in [2.24, 2.45) is 0 Å². The Morgan fingerprint density at radius 2 is 1.75 bits per heavy atom. The Hall–Kier alpha value is -2.66. The fraction of sp³-hybridized carbons (Fsp3) is 0.167. The Morgan fingerprint density at radius 1 is 1.00 bits per heavy atom. The Balaban J connectivity index is 1.58. The lowest BCUT2D eigenvalue weighted by molar-refractivity contribution is -0.113. The first kappa shape index (κ1) is 14.9. The minimum atomic E-state index is -0.261. The monoisotopic (exact) mass is 343 g/mol. The van der Waals surface area contributed by atoms with Crippen LogP contribution in [0.1, 0.15) is 5.56 Å². The summed E-state index contributed by atoms with van der Waals surface area (Å²) in [5, 5.41) is 3.20. The molecule has 0 atom stereocenters. The van der Waals surface area contributed by atoms with Crippen LogP contribution in [0.5, 0.6) is 17.2 Å². The van der Waals surface area contributed by atoms with E-state index < -0.39 is 0 Å². The molecule has 2 aliphatic heterocycles. The van der Waals surface area contributed by atoms with E-state index in [4.69, 9.17) is 25.8 Å². The molecule has 4 rings (SSSR count). The van der Waals surface area contributed by atoms with Gasteiger partial charge in [0.2, 0.25) is 0 Å². The average Bonchev–Trinajstić information content (AvgIpc) is 2.62. The number of carbonyl (C=O) groups excluding carboxylic acids is 1. The van der Waals surface area contributed by atoms with Crippen molar-refractivity contribution < 1.29 is 19.0 Å². The Kier molecular flexibility index (Phi) is 3.78. The minimum absolute atomic E-state index is 0.213. The molecule has 24 heavy (non-hydrogen) atoms. The molecule has 2 aromatic rings. The third-order valence-corrected chi connectivity index (χ3v) is 4.12. The summed E-state index contributed by atoms with van der Waals surface area (Å²) in [5.74, 6) is 1.66. The Morgan fingerprint density at radius 3 is 2.58 bits per heavy atom. The van der Waals surface area contributed by atoms with Gasteiger partial charge in [-0.3, -0.25) is 4.79 Å². The highest BCUT2D eigenvalue weighted by atomic mass is 35.5. The molecule has 5 nitrogen and oxygen atoms in total. The van der Waals surface area contributed by atoms with Crippen molar-refractivity contribution >= 4 is 29.3 Å². The lowest BCUT2D eigenvalue weighted by atomic mass is 10.1. The van der Waals surface area contributed by atoms with Crippen LogP contribution in [0.15, 0.2) is 42.0 Å². The van der Waals surface area contributed by atoms with Crippen LogP contribution >= 0.6 is 11.6 Å². The second-order valence-electron chi connectivity index (χ2n) is 5.43. The zero-order valence-corrected chi connectivity index (χ0v) is 13.4. The zero-order chi connectivity index (χ0) is 16.5. The maximum atomic E-state index is 12.5. The number of nitrogens with one attached hydrogen (secondary N) is 1. The van der Waals surface area contributed by atoms with Gasteiger partial charge < -0.3 is 19.5 Å². The first-order chi connectivity index (χ1) is 11.7. The summed E-state index contributed by atoms with van der Waals surface area (Å²) in [6, 6.07) is 10.9. The zero-order valence-electron chi connectivity index (χ0n) is 12.7. The number of hydrogen-bond acceptors (Lipinski definition) is 4. The minimum Gasteiger partial charge on any atom is -0.488 e. The summed E-state index contributed by atoms with van der Waals surface area (Å²) in [7, 11) is 0. The molecule has 1 amide bonds. The fourth-order valence-corrected chi connectivity index (χ4v) is 2.81. The van der Waals surface area contributed by atoms with Crippen LogP contribution in [0, 0.1) is 0 Å². The van der Waals surface area contributed by atoms with Crippen LogP contribution in [-0.4, -0.2) is 25.7 Å². The molecule has 6 heteroatoms. The highest BCUT2D eigenvalue weighted by molar-refractivity contribution is 6.34. The van der Waals surface area contributed by atoms with Gasteiger partial charge in [0.1, 0.15) is 25.6 Å². The van der Waals surface area contributed by atoms with Crippen molar-refractivity contribution in [3.63, 3.8) is 0 Å². The van der Waals surface area contributed by atoms with Gasteiger partial charge in [-0.15, -0.1) is 0 Å². The SMILES string of the molecule is O=C(Nc1cc2c(cc1Cl)OCCO2)C1=Cc2ccccc2OC1. The topological polar surface area (TPSA) is 56.8 Å². The third kappa shape index (κ3) is 2.78. The smallest absolute Gasteiger partial charge is 0.255 e. The highest BCUT2D eigenvalue weighted by Crippen LogP contribution is 2.38. The van der Waals surface area contributed by atoms with Gasteiger partial charge in [0, 0.05) is 17.7 Å². The quantitative estimate of drug-likeness (QED) is 0.906. The molecular formula is C18H14ClNO4. The predicted molar refractivity (Wildman–Crippen MR) is 91.0 cm³/mol. The molecular weight excluding hydrogens is 330 g/mol. The maximum absolute atomic E-state index is 12.5. The van der Waals surface area contributed by atoms with E-state index in [1.807, 2.05) is 30.3 Å². The van der Waals surface area contributed by atoms with Gasteiger partial charge in [-0.05, 0) is 12.1 Å². The predicted octanol–water partition coefficient (Wildman–Crippen LogP) is 3.53. The highest BCUT2D eigenvalue weighted by Gasteiger charge is 2.20. The van der Waals surface area contributed by atoms with E-state index in [0.29, 0.717) is 41.0 Å². The number of anilines is 1. The van der Waals surface area contributed by atoms with Crippen molar-refractivity contribution in [2.45, 2.75) is 0 Å². The Bertz CT molecular complexity index is 847. The lowest BCUT2D eigenvalue weighted by Gasteiger charge is -2.21. The molecule has 2 aliphatic rings. The van der Waals surface area contributed by atoms with E-state index in [1.165, 1.54) is 0 Å². The molecule has 0 unspecified atom stereocenters. The summed E-state index contributed by atoms with van der Waals surface area (Å²) in [5.41, 5.74) is 1.88. The van der Waals surface area contributed by atoms with Gasteiger partial charge in [-0.2, -0.15) is 0 Å². The number of ether oxygens (including phenoxy) is 3. The summed E-state index contributed by atoms with van der Waals surface area (Å²) in [6.45, 7) is 1.17. The summed E-state index contributed by atoms with van der Waals surface area (Å²) < 4.78 is 16.6. The number of benzene rings is 2. The number of amides is 1. The van der Waals surface area contributed by atoms with E-state index >= 15 is 0 Å². The molecule has 0 fully saturated rings. The van der Waals surface area contributed by atoms with Gasteiger partial charge in [0.25, 0.3) is 5.91 Å². The van der Waals surface area contributed by atoms with Gasteiger partial charge in [0.05, 0.1) is 16.3 Å². The van der Waals surface area contributed by atoms with E-state index in [0.717, 1.165) is 11.3 Å².